The lowest BCUT2D eigenvalue weighted by Crippen LogP contribution is -1.92. The fraction of sp³-hybridized carbons (Fsp3) is 0.333. The molecule has 2 aromatic rings. The molecule has 0 bridgehead atoms. The van der Waals surface area contributed by atoms with E-state index in [1.165, 1.54) is 0 Å². The third-order valence-corrected chi connectivity index (χ3v) is 2.53. The van der Waals surface area contributed by atoms with E-state index < -0.39 is 0 Å². The minimum absolute atomic E-state index is 0.257. The number of methoxy groups -OCH3 is 1. The lowest BCUT2D eigenvalue weighted by molar-refractivity contribution is 0.374. The third-order valence-electron chi connectivity index (χ3n) is 2.35. The van der Waals surface area contributed by atoms with Crippen LogP contribution in [0, 0.1) is 0 Å². The molecule has 0 aliphatic rings. The topological polar surface area (TPSA) is 48.2 Å². The average molecular weight is 253 g/mol. The first kappa shape index (κ1) is 11.9. The van der Waals surface area contributed by atoms with Gasteiger partial charge in [0.25, 0.3) is 0 Å². The summed E-state index contributed by atoms with van der Waals surface area (Å²) in [7, 11) is 1.64. The average Bonchev–Trinajstić information content (AvgIpc) is 2.79. The zero-order valence-corrected chi connectivity index (χ0v) is 10.4. The van der Waals surface area contributed by atoms with Gasteiger partial charge in [-0.05, 0) is 24.6 Å². The molecule has 0 amide bonds. The molecule has 0 radical (unpaired) electrons. The fourth-order valence-corrected chi connectivity index (χ4v) is 1.52. The minimum Gasteiger partial charge on any atom is -0.497 e. The molecule has 1 aromatic carbocycles. The van der Waals surface area contributed by atoms with Crippen molar-refractivity contribution in [2.45, 2.75) is 18.7 Å². The lowest BCUT2D eigenvalue weighted by Gasteiger charge is -2.00. The van der Waals surface area contributed by atoms with E-state index >= 15 is 0 Å². The molecule has 0 saturated carbocycles. The Morgan fingerprint density at radius 1 is 1.35 bits per heavy atom. The summed E-state index contributed by atoms with van der Waals surface area (Å²) in [5.41, 5.74) is 1.10. The highest BCUT2D eigenvalue weighted by molar-refractivity contribution is 6.20. The van der Waals surface area contributed by atoms with Crippen LogP contribution in [-0.4, -0.2) is 17.3 Å². The molecule has 90 valence electrons. The molecule has 0 aliphatic heterocycles. The van der Waals surface area contributed by atoms with Gasteiger partial charge < -0.3 is 9.26 Å². The van der Waals surface area contributed by atoms with Crippen molar-refractivity contribution >= 4 is 11.6 Å². The Morgan fingerprint density at radius 2 is 2.06 bits per heavy atom. The standard InChI is InChI=1S/C12H13ClN2O2/c1-8(13)12-14-11(15-17-12)7-9-3-5-10(16-2)6-4-9/h3-6,8H,7H2,1-2H3. The van der Waals surface area contributed by atoms with Crippen LogP contribution in [0.4, 0.5) is 0 Å². The van der Waals surface area contributed by atoms with Crippen LogP contribution in [0.5, 0.6) is 5.75 Å². The van der Waals surface area contributed by atoms with Crippen molar-refractivity contribution in [3.05, 3.63) is 41.5 Å². The van der Waals surface area contributed by atoms with Crippen LogP contribution in [-0.2, 0) is 6.42 Å². The molecular weight excluding hydrogens is 240 g/mol. The second kappa shape index (κ2) is 5.19. The van der Waals surface area contributed by atoms with Gasteiger partial charge in [-0.2, -0.15) is 4.98 Å². The minimum atomic E-state index is -0.257. The zero-order chi connectivity index (χ0) is 12.3. The van der Waals surface area contributed by atoms with Gasteiger partial charge >= 0.3 is 0 Å². The Morgan fingerprint density at radius 3 is 2.59 bits per heavy atom. The first-order valence-electron chi connectivity index (χ1n) is 5.28. The SMILES string of the molecule is COc1ccc(Cc2noc(C(C)Cl)n2)cc1. The first-order chi connectivity index (χ1) is 8.19. The van der Waals surface area contributed by atoms with Gasteiger partial charge in [0.2, 0.25) is 5.89 Å². The predicted molar refractivity (Wildman–Crippen MR) is 64.4 cm³/mol. The van der Waals surface area contributed by atoms with Crippen LogP contribution in [0.3, 0.4) is 0 Å². The van der Waals surface area contributed by atoms with Gasteiger partial charge in [0, 0.05) is 6.42 Å². The van der Waals surface area contributed by atoms with Crippen molar-refractivity contribution in [1.82, 2.24) is 10.1 Å². The number of hydrogen-bond acceptors (Lipinski definition) is 4. The van der Waals surface area contributed by atoms with Gasteiger partial charge in [-0.25, -0.2) is 0 Å². The van der Waals surface area contributed by atoms with E-state index in [9.17, 15) is 0 Å². The highest BCUT2D eigenvalue weighted by Crippen LogP contribution is 2.18. The molecule has 1 atom stereocenters. The molecule has 1 unspecified atom stereocenters. The Labute approximate surface area is 105 Å². The highest BCUT2D eigenvalue weighted by Gasteiger charge is 2.11. The fourth-order valence-electron chi connectivity index (χ4n) is 1.43. The van der Waals surface area contributed by atoms with Gasteiger partial charge in [-0.1, -0.05) is 17.3 Å². The van der Waals surface area contributed by atoms with Crippen LogP contribution >= 0.6 is 11.6 Å². The van der Waals surface area contributed by atoms with Gasteiger partial charge in [0.1, 0.15) is 11.1 Å². The van der Waals surface area contributed by atoms with E-state index in [0.29, 0.717) is 18.1 Å². The van der Waals surface area contributed by atoms with Crippen LogP contribution in [0.2, 0.25) is 0 Å². The Balaban J connectivity index is 2.08. The zero-order valence-electron chi connectivity index (χ0n) is 9.68. The highest BCUT2D eigenvalue weighted by atomic mass is 35.5. The number of hydrogen-bond donors (Lipinski definition) is 0. The second-order valence-corrected chi connectivity index (χ2v) is 4.34. The van der Waals surface area contributed by atoms with Crippen LogP contribution in [0.25, 0.3) is 0 Å². The molecule has 0 aliphatic carbocycles. The Bertz CT molecular complexity index is 480. The molecule has 0 saturated heterocycles. The molecule has 4 nitrogen and oxygen atoms in total. The van der Waals surface area contributed by atoms with Crippen LogP contribution in [0.15, 0.2) is 28.8 Å². The lowest BCUT2D eigenvalue weighted by atomic mass is 10.1. The van der Waals surface area contributed by atoms with Crippen molar-refractivity contribution in [2.75, 3.05) is 7.11 Å². The van der Waals surface area contributed by atoms with E-state index in [-0.39, 0.29) is 5.38 Å². The number of rotatable bonds is 4. The largest absolute Gasteiger partial charge is 0.497 e. The summed E-state index contributed by atoms with van der Waals surface area (Å²) in [6.07, 6.45) is 0.622. The van der Waals surface area contributed by atoms with Crippen molar-refractivity contribution in [1.29, 1.82) is 0 Å². The van der Waals surface area contributed by atoms with E-state index in [0.717, 1.165) is 11.3 Å². The van der Waals surface area contributed by atoms with Crippen molar-refractivity contribution in [3.63, 3.8) is 0 Å². The van der Waals surface area contributed by atoms with Crippen LogP contribution in [0.1, 0.15) is 29.6 Å². The van der Waals surface area contributed by atoms with Gasteiger partial charge in [-0.3, -0.25) is 0 Å². The van der Waals surface area contributed by atoms with E-state index in [2.05, 4.69) is 10.1 Å². The molecule has 2 rings (SSSR count). The number of alkyl halides is 1. The maximum atomic E-state index is 5.85. The van der Waals surface area contributed by atoms with Crippen LogP contribution < -0.4 is 4.74 Å². The maximum Gasteiger partial charge on any atom is 0.244 e. The summed E-state index contributed by atoms with van der Waals surface area (Å²) < 4.78 is 10.1. The number of benzene rings is 1. The Hall–Kier alpha value is -1.55. The molecule has 0 spiro atoms. The monoisotopic (exact) mass is 252 g/mol. The maximum absolute atomic E-state index is 5.85. The molecule has 1 heterocycles. The molecule has 1 aromatic heterocycles. The second-order valence-electron chi connectivity index (χ2n) is 3.69. The van der Waals surface area contributed by atoms with Crippen molar-refractivity contribution in [3.8, 4) is 5.75 Å². The Kier molecular flexibility index (Phi) is 3.64. The molecule has 0 N–H and O–H groups in total. The summed E-state index contributed by atoms with van der Waals surface area (Å²) in [6.45, 7) is 1.80. The number of aromatic nitrogens is 2. The molecular formula is C12H13ClN2O2. The molecule has 5 heteroatoms. The quantitative estimate of drug-likeness (QED) is 0.785. The van der Waals surface area contributed by atoms with Gasteiger partial charge in [0.05, 0.1) is 7.11 Å². The van der Waals surface area contributed by atoms with Crippen molar-refractivity contribution < 1.29 is 9.26 Å². The predicted octanol–water partition coefficient (Wildman–Crippen LogP) is 2.97. The van der Waals surface area contributed by atoms with E-state index in [1.54, 1.807) is 14.0 Å². The summed E-state index contributed by atoms with van der Waals surface area (Å²) in [5, 5.41) is 3.62. The van der Waals surface area contributed by atoms with E-state index in [4.69, 9.17) is 20.9 Å². The number of nitrogens with zero attached hydrogens (tertiary/aromatic N) is 2. The first-order valence-corrected chi connectivity index (χ1v) is 5.72. The van der Waals surface area contributed by atoms with Gasteiger partial charge in [-0.15, -0.1) is 11.6 Å². The third kappa shape index (κ3) is 2.97. The summed E-state index contributed by atoms with van der Waals surface area (Å²) in [5.74, 6) is 1.92. The van der Waals surface area contributed by atoms with E-state index in [1.807, 2.05) is 24.3 Å². The number of halogens is 1. The van der Waals surface area contributed by atoms with Gasteiger partial charge in [0.15, 0.2) is 5.82 Å². The molecule has 17 heavy (non-hydrogen) atoms. The summed E-state index contributed by atoms with van der Waals surface area (Å²) >= 11 is 5.85. The summed E-state index contributed by atoms with van der Waals surface area (Å²) in [4.78, 5) is 4.21. The van der Waals surface area contributed by atoms with Crippen molar-refractivity contribution in [2.24, 2.45) is 0 Å². The number of ether oxygens (including phenoxy) is 1. The molecule has 0 fully saturated rings. The summed E-state index contributed by atoms with van der Waals surface area (Å²) in [6, 6.07) is 7.75. The smallest absolute Gasteiger partial charge is 0.244 e. The normalized spacial score (nSPS) is 12.4.